The minimum Gasteiger partial charge on any atom is -0.340 e. The Morgan fingerprint density at radius 3 is 2.71 bits per heavy atom. The van der Waals surface area contributed by atoms with Gasteiger partial charge in [0.05, 0.1) is 17.2 Å². The summed E-state index contributed by atoms with van der Waals surface area (Å²) in [7, 11) is 1.91. The fraction of sp³-hybridized carbons (Fsp3) is 0.714. The van der Waals surface area contributed by atoms with Crippen LogP contribution in [-0.4, -0.2) is 35.9 Å². The highest BCUT2D eigenvalue weighted by Crippen LogP contribution is 2.59. The second kappa shape index (κ2) is 7.27. The first-order valence-electron chi connectivity index (χ1n) is 6.97. The Hall–Kier alpha value is -0.360. The molecule has 1 aromatic rings. The van der Waals surface area contributed by atoms with Crippen molar-refractivity contribution in [2.45, 2.75) is 32.7 Å². The van der Waals surface area contributed by atoms with Gasteiger partial charge in [0.1, 0.15) is 0 Å². The Balaban J connectivity index is 0.00000110. The number of hydrogen-bond donors (Lipinski definition) is 1. The molecule has 2 aliphatic rings. The molecule has 1 saturated carbocycles. The molecule has 1 aliphatic heterocycles. The fourth-order valence-corrected chi connectivity index (χ4v) is 3.85. The van der Waals surface area contributed by atoms with E-state index in [4.69, 9.17) is 0 Å². The molecule has 3 rings (SSSR count). The maximum Gasteiger partial charge on any atom is 0.226 e. The van der Waals surface area contributed by atoms with Crippen molar-refractivity contribution in [2.75, 3.05) is 20.1 Å². The average molecular weight is 352 g/mol. The molecule has 1 atom stereocenters. The quantitative estimate of drug-likeness (QED) is 0.910. The van der Waals surface area contributed by atoms with E-state index >= 15 is 0 Å². The standard InChI is InChI=1S/C14H21N3OS.2ClH/c1-10-16-11(9-19-10)8-17(2)13(18)12-7-14(12)3-5-15-6-4-14;;/h9,12,15H,3-8H2,1-2H3;2*1H. The van der Waals surface area contributed by atoms with Gasteiger partial charge < -0.3 is 10.2 Å². The van der Waals surface area contributed by atoms with Gasteiger partial charge in [-0.05, 0) is 44.7 Å². The lowest BCUT2D eigenvalue weighted by atomic mass is 9.91. The first kappa shape index (κ1) is 18.7. The van der Waals surface area contributed by atoms with Crippen molar-refractivity contribution in [3.63, 3.8) is 0 Å². The largest absolute Gasteiger partial charge is 0.340 e. The molecule has 1 aliphatic carbocycles. The van der Waals surface area contributed by atoms with Crippen molar-refractivity contribution in [3.05, 3.63) is 16.1 Å². The van der Waals surface area contributed by atoms with Gasteiger partial charge in [-0.15, -0.1) is 36.2 Å². The fourth-order valence-electron chi connectivity index (χ4n) is 3.24. The summed E-state index contributed by atoms with van der Waals surface area (Å²) in [6, 6.07) is 0. The van der Waals surface area contributed by atoms with Gasteiger partial charge >= 0.3 is 0 Å². The number of aromatic nitrogens is 1. The summed E-state index contributed by atoms with van der Waals surface area (Å²) in [6.07, 6.45) is 3.41. The Bertz CT molecular complexity index is 488. The van der Waals surface area contributed by atoms with Crippen LogP contribution >= 0.6 is 36.2 Å². The molecule has 1 saturated heterocycles. The number of thiazole rings is 1. The molecule has 1 spiro atoms. The summed E-state index contributed by atoms with van der Waals surface area (Å²) in [5, 5.41) is 6.49. The van der Waals surface area contributed by atoms with Crippen LogP contribution in [0.25, 0.3) is 0 Å². The van der Waals surface area contributed by atoms with Crippen LogP contribution in [0.5, 0.6) is 0 Å². The zero-order chi connectivity index (χ0) is 13.5. The number of aryl methyl sites for hydroxylation is 1. The SMILES string of the molecule is Cc1nc(CN(C)C(=O)C2CC23CCNCC3)cs1.Cl.Cl. The molecule has 7 heteroatoms. The Morgan fingerprint density at radius 1 is 1.48 bits per heavy atom. The molecular weight excluding hydrogens is 329 g/mol. The molecule has 1 amide bonds. The highest BCUT2D eigenvalue weighted by atomic mass is 35.5. The summed E-state index contributed by atoms with van der Waals surface area (Å²) in [5.41, 5.74) is 1.34. The molecule has 0 bridgehead atoms. The lowest BCUT2D eigenvalue weighted by Gasteiger charge is -2.24. The highest BCUT2D eigenvalue weighted by molar-refractivity contribution is 7.09. The highest BCUT2D eigenvalue weighted by Gasteiger charge is 2.58. The summed E-state index contributed by atoms with van der Waals surface area (Å²) in [4.78, 5) is 18.8. The van der Waals surface area contributed by atoms with E-state index < -0.39 is 0 Å². The van der Waals surface area contributed by atoms with Crippen LogP contribution in [0.2, 0.25) is 0 Å². The molecule has 2 fully saturated rings. The monoisotopic (exact) mass is 351 g/mol. The summed E-state index contributed by atoms with van der Waals surface area (Å²) in [5.74, 6) is 0.576. The van der Waals surface area contributed by atoms with Gasteiger partial charge in [-0.3, -0.25) is 4.79 Å². The number of rotatable bonds is 3. The number of nitrogens with one attached hydrogen (secondary N) is 1. The topological polar surface area (TPSA) is 45.2 Å². The number of hydrogen-bond acceptors (Lipinski definition) is 4. The van der Waals surface area contributed by atoms with E-state index in [1.165, 1.54) is 0 Å². The smallest absolute Gasteiger partial charge is 0.226 e. The summed E-state index contributed by atoms with van der Waals surface area (Å²) in [6.45, 7) is 4.78. The number of amides is 1. The molecule has 0 radical (unpaired) electrons. The average Bonchev–Trinajstić information content (AvgIpc) is 2.92. The predicted molar refractivity (Wildman–Crippen MR) is 90.5 cm³/mol. The third-order valence-corrected chi connectivity index (χ3v) is 5.35. The Labute approximate surface area is 142 Å². The lowest BCUT2D eigenvalue weighted by Crippen LogP contribution is -2.34. The van der Waals surface area contributed by atoms with E-state index in [1.807, 2.05) is 24.3 Å². The van der Waals surface area contributed by atoms with E-state index in [1.54, 1.807) is 11.3 Å². The number of carbonyl (C=O) groups is 1. The van der Waals surface area contributed by atoms with Crippen molar-refractivity contribution in [3.8, 4) is 0 Å². The van der Waals surface area contributed by atoms with Crippen LogP contribution in [0, 0.1) is 18.3 Å². The van der Waals surface area contributed by atoms with Gasteiger partial charge in [-0.2, -0.15) is 0 Å². The lowest BCUT2D eigenvalue weighted by molar-refractivity contribution is -0.132. The van der Waals surface area contributed by atoms with Crippen molar-refractivity contribution in [1.29, 1.82) is 0 Å². The molecule has 21 heavy (non-hydrogen) atoms. The maximum atomic E-state index is 12.5. The van der Waals surface area contributed by atoms with E-state index in [2.05, 4.69) is 10.3 Å². The zero-order valence-electron chi connectivity index (χ0n) is 12.4. The third-order valence-electron chi connectivity index (χ3n) is 4.53. The zero-order valence-corrected chi connectivity index (χ0v) is 14.9. The van der Waals surface area contributed by atoms with Gasteiger partial charge in [-0.25, -0.2) is 4.98 Å². The first-order valence-corrected chi connectivity index (χ1v) is 7.85. The van der Waals surface area contributed by atoms with Crippen molar-refractivity contribution in [2.24, 2.45) is 11.3 Å². The molecule has 120 valence electrons. The van der Waals surface area contributed by atoms with Crippen LogP contribution in [-0.2, 0) is 11.3 Å². The molecule has 2 heterocycles. The molecular formula is C14H23Cl2N3OS. The predicted octanol–water partition coefficient (Wildman–Crippen LogP) is 2.64. The van der Waals surface area contributed by atoms with Crippen LogP contribution in [0.1, 0.15) is 30.0 Å². The molecule has 4 nitrogen and oxygen atoms in total. The van der Waals surface area contributed by atoms with Gasteiger partial charge in [0.15, 0.2) is 0 Å². The second-order valence-electron chi connectivity index (χ2n) is 5.92. The maximum absolute atomic E-state index is 12.5. The molecule has 1 aromatic heterocycles. The van der Waals surface area contributed by atoms with Crippen molar-refractivity contribution in [1.82, 2.24) is 15.2 Å². The van der Waals surface area contributed by atoms with E-state index in [0.717, 1.165) is 43.1 Å². The number of halogens is 2. The molecule has 1 N–H and O–H groups in total. The van der Waals surface area contributed by atoms with Crippen LogP contribution in [0.15, 0.2) is 5.38 Å². The van der Waals surface area contributed by atoms with Gasteiger partial charge in [0, 0.05) is 18.3 Å². The van der Waals surface area contributed by atoms with Crippen molar-refractivity contribution >= 4 is 42.1 Å². The number of carbonyl (C=O) groups excluding carboxylic acids is 1. The first-order chi connectivity index (χ1) is 9.11. The van der Waals surface area contributed by atoms with E-state index in [9.17, 15) is 4.79 Å². The van der Waals surface area contributed by atoms with E-state index in [0.29, 0.717) is 17.9 Å². The van der Waals surface area contributed by atoms with Crippen LogP contribution < -0.4 is 5.32 Å². The van der Waals surface area contributed by atoms with Gasteiger partial charge in [0.2, 0.25) is 5.91 Å². The number of piperidine rings is 1. The molecule has 1 unspecified atom stereocenters. The summed E-state index contributed by atoms with van der Waals surface area (Å²) >= 11 is 1.65. The van der Waals surface area contributed by atoms with Crippen LogP contribution in [0.3, 0.4) is 0 Å². The normalized spacial score (nSPS) is 22.1. The second-order valence-corrected chi connectivity index (χ2v) is 6.98. The number of nitrogens with zero attached hydrogens (tertiary/aromatic N) is 2. The van der Waals surface area contributed by atoms with Gasteiger partial charge in [0.25, 0.3) is 0 Å². The third kappa shape index (κ3) is 3.89. The van der Waals surface area contributed by atoms with Crippen LogP contribution in [0.4, 0.5) is 0 Å². The molecule has 0 aromatic carbocycles. The Kier molecular flexibility index (Phi) is 6.47. The minimum absolute atomic E-state index is 0. The van der Waals surface area contributed by atoms with Crippen molar-refractivity contribution < 1.29 is 4.79 Å². The minimum atomic E-state index is 0. The Morgan fingerprint density at radius 2 is 2.14 bits per heavy atom. The van der Waals surface area contributed by atoms with Gasteiger partial charge in [-0.1, -0.05) is 0 Å². The summed E-state index contributed by atoms with van der Waals surface area (Å²) < 4.78 is 0. The van der Waals surface area contributed by atoms with E-state index in [-0.39, 0.29) is 30.7 Å².